The number of aromatic hydroxyl groups is 2. The number of carboxylic acid groups (broad SMARTS) is 1. The third-order valence-electron chi connectivity index (χ3n) is 6.47. The number of ketones is 1. The van der Waals surface area contributed by atoms with Crippen molar-refractivity contribution in [1.29, 1.82) is 0 Å². The van der Waals surface area contributed by atoms with Gasteiger partial charge in [-0.3, -0.25) is 14.4 Å². The molecule has 0 aromatic heterocycles. The van der Waals surface area contributed by atoms with E-state index in [9.17, 15) is 29.7 Å². The van der Waals surface area contributed by atoms with Crippen molar-refractivity contribution < 1.29 is 39.2 Å². The highest BCUT2D eigenvalue weighted by molar-refractivity contribution is 6.11. The molecule has 0 atom stereocenters. The van der Waals surface area contributed by atoms with Crippen molar-refractivity contribution in [3.8, 4) is 23.0 Å². The number of phenols is 2. The first-order valence-corrected chi connectivity index (χ1v) is 12.3. The molecule has 9 nitrogen and oxygen atoms in total. The van der Waals surface area contributed by atoms with Gasteiger partial charge in [-0.1, -0.05) is 6.07 Å². The Morgan fingerprint density at radius 3 is 2.26 bits per heavy atom. The number of rotatable bonds is 11. The van der Waals surface area contributed by atoms with E-state index in [1.54, 1.807) is 24.3 Å². The van der Waals surface area contributed by atoms with E-state index in [-0.39, 0.29) is 53.7 Å². The van der Waals surface area contributed by atoms with Gasteiger partial charge < -0.3 is 30.5 Å². The van der Waals surface area contributed by atoms with Crippen molar-refractivity contribution >= 4 is 17.7 Å². The first-order valence-electron chi connectivity index (χ1n) is 12.3. The summed E-state index contributed by atoms with van der Waals surface area (Å²) in [5, 5.41) is 29.7. The number of benzene rings is 3. The zero-order chi connectivity index (χ0) is 27.2. The fourth-order valence-electron chi connectivity index (χ4n) is 4.47. The van der Waals surface area contributed by atoms with Crippen LogP contribution in [0.4, 0.5) is 0 Å². The Morgan fingerprint density at radius 2 is 1.61 bits per heavy atom. The quantitative estimate of drug-likeness (QED) is 0.273. The highest BCUT2D eigenvalue weighted by Crippen LogP contribution is 2.31. The van der Waals surface area contributed by atoms with E-state index in [0.29, 0.717) is 22.6 Å². The molecular weight excluding hydrogens is 490 g/mol. The van der Waals surface area contributed by atoms with Gasteiger partial charge in [0.15, 0.2) is 5.78 Å². The molecule has 1 aliphatic carbocycles. The minimum Gasteiger partial charge on any atom is -0.507 e. The largest absolute Gasteiger partial charge is 0.507 e. The smallest absolute Gasteiger partial charge is 0.303 e. The number of aliphatic carboxylic acids is 1. The molecule has 0 bridgehead atoms. The van der Waals surface area contributed by atoms with Gasteiger partial charge in [0.05, 0.1) is 17.2 Å². The fourth-order valence-corrected chi connectivity index (χ4v) is 4.47. The average Bonchev–Trinajstić information content (AvgIpc) is 3.39. The van der Waals surface area contributed by atoms with E-state index < -0.39 is 17.7 Å². The van der Waals surface area contributed by atoms with E-state index in [0.717, 1.165) is 25.7 Å². The van der Waals surface area contributed by atoms with Gasteiger partial charge in [0, 0.05) is 18.1 Å². The number of hydrogen-bond acceptors (Lipinski definition) is 7. The molecule has 0 spiro atoms. The third-order valence-corrected chi connectivity index (χ3v) is 6.47. The molecule has 0 saturated heterocycles. The summed E-state index contributed by atoms with van der Waals surface area (Å²) in [5.74, 6) is -1.78. The van der Waals surface area contributed by atoms with Crippen LogP contribution in [0.1, 0.15) is 69.5 Å². The predicted molar refractivity (Wildman–Crippen MR) is 138 cm³/mol. The average molecular weight is 520 g/mol. The molecule has 4 rings (SSSR count). The van der Waals surface area contributed by atoms with E-state index in [2.05, 4.69) is 0 Å². The minimum atomic E-state index is -1.00. The number of nitrogens with two attached hydrogens (primary N) is 1. The number of amides is 1. The maximum atomic E-state index is 13.2. The lowest BCUT2D eigenvalue weighted by Crippen LogP contribution is -2.11. The second kappa shape index (κ2) is 11.7. The van der Waals surface area contributed by atoms with E-state index in [1.165, 1.54) is 30.3 Å². The monoisotopic (exact) mass is 519 g/mol. The molecule has 5 N–H and O–H groups in total. The predicted octanol–water partition coefficient (Wildman–Crippen LogP) is 4.35. The molecule has 0 radical (unpaired) electrons. The van der Waals surface area contributed by atoms with Crippen LogP contribution in [0.15, 0.2) is 54.6 Å². The second-order valence-corrected chi connectivity index (χ2v) is 9.25. The summed E-state index contributed by atoms with van der Waals surface area (Å²) >= 11 is 0. The molecule has 0 heterocycles. The molecule has 3 aromatic carbocycles. The van der Waals surface area contributed by atoms with Gasteiger partial charge in [0.25, 0.3) is 5.91 Å². The molecule has 3 aromatic rings. The maximum Gasteiger partial charge on any atom is 0.303 e. The number of ether oxygens (including phenoxy) is 2. The second-order valence-electron chi connectivity index (χ2n) is 9.25. The van der Waals surface area contributed by atoms with E-state index in [4.69, 9.17) is 15.2 Å². The highest BCUT2D eigenvalue weighted by atomic mass is 16.5. The number of aryl methyl sites for hydroxylation is 1. The first-order chi connectivity index (χ1) is 18.2. The number of phenolic OH excluding ortho intramolecular Hbond substituents is 1. The van der Waals surface area contributed by atoms with Crippen molar-refractivity contribution in [3.05, 3.63) is 82.4 Å². The number of hydrogen-bond donors (Lipinski definition) is 4. The number of carboxylic acids is 1. The normalized spacial score (nSPS) is 13.3. The molecular formula is C29H29NO8. The number of primary amides is 1. The van der Waals surface area contributed by atoms with Gasteiger partial charge in [0.1, 0.15) is 29.6 Å². The lowest BCUT2D eigenvalue weighted by Gasteiger charge is -2.15. The summed E-state index contributed by atoms with van der Waals surface area (Å²) < 4.78 is 11.7. The Hall–Kier alpha value is -4.53. The van der Waals surface area contributed by atoms with Crippen LogP contribution in [-0.4, -0.2) is 39.1 Å². The van der Waals surface area contributed by atoms with Gasteiger partial charge in [-0.15, -0.1) is 0 Å². The highest BCUT2D eigenvalue weighted by Gasteiger charge is 2.20. The maximum absolute atomic E-state index is 13.2. The minimum absolute atomic E-state index is 0.0138. The van der Waals surface area contributed by atoms with Crippen LogP contribution in [0.2, 0.25) is 0 Å². The zero-order valence-electron chi connectivity index (χ0n) is 20.7. The molecule has 1 fully saturated rings. The molecule has 0 unspecified atom stereocenters. The molecule has 9 heteroatoms. The Balaban J connectivity index is 1.53. The summed E-state index contributed by atoms with van der Waals surface area (Å²) in [5.41, 5.74) is 6.62. The van der Waals surface area contributed by atoms with Gasteiger partial charge in [-0.05, 0) is 85.7 Å². The molecule has 0 aliphatic heterocycles. The Morgan fingerprint density at radius 1 is 0.895 bits per heavy atom. The van der Waals surface area contributed by atoms with Crippen LogP contribution in [0.3, 0.4) is 0 Å². The Kier molecular flexibility index (Phi) is 8.15. The van der Waals surface area contributed by atoms with E-state index >= 15 is 0 Å². The summed E-state index contributed by atoms with van der Waals surface area (Å²) in [6.45, 7) is 0.0171. The summed E-state index contributed by atoms with van der Waals surface area (Å²) in [6.07, 6.45) is 4.20. The first kappa shape index (κ1) is 26.5. The molecule has 1 amide bonds. The van der Waals surface area contributed by atoms with Gasteiger partial charge in [0.2, 0.25) is 0 Å². The topological polar surface area (TPSA) is 156 Å². The van der Waals surface area contributed by atoms with E-state index in [1.807, 2.05) is 0 Å². The van der Waals surface area contributed by atoms with Crippen LogP contribution >= 0.6 is 0 Å². The van der Waals surface area contributed by atoms with Crippen LogP contribution in [-0.2, 0) is 17.8 Å². The van der Waals surface area contributed by atoms with Crippen molar-refractivity contribution in [2.45, 2.75) is 51.2 Å². The lowest BCUT2D eigenvalue weighted by molar-refractivity contribution is -0.136. The van der Waals surface area contributed by atoms with Crippen LogP contribution < -0.4 is 15.2 Å². The zero-order valence-corrected chi connectivity index (χ0v) is 20.7. The Labute approximate surface area is 219 Å². The third kappa shape index (κ3) is 6.42. The van der Waals surface area contributed by atoms with Crippen molar-refractivity contribution in [2.75, 3.05) is 0 Å². The molecule has 1 aliphatic rings. The lowest BCUT2D eigenvalue weighted by atomic mass is 9.98. The van der Waals surface area contributed by atoms with Crippen LogP contribution in [0, 0.1) is 0 Å². The van der Waals surface area contributed by atoms with Gasteiger partial charge in [-0.25, -0.2) is 0 Å². The van der Waals surface area contributed by atoms with Crippen LogP contribution in [0.5, 0.6) is 23.0 Å². The fraction of sp³-hybridized carbons (Fsp3) is 0.276. The summed E-state index contributed by atoms with van der Waals surface area (Å²) in [6, 6.07) is 13.6. The van der Waals surface area contributed by atoms with Gasteiger partial charge in [-0.2, -0.15) is 0 Å². The summed E-state index contributed by atoms with van der Waals surface area (Å²) in [7, 11) is 0. The molecule has 38 heavy (non-hydrogen) atoms. The molecule has 1 saturated carbocycles. The SMILES string of the molecule is NC(=O)c1ccc(COc2ccc(C(=O)c3ccc(OC4CCCC4)cc3O)cc2CCC(=O)O)cc1O. The number of carbonyl (C=O) groups is 3. The van der Waals surface area contributed by atoms with Crippen LogP contribution in [0.25, 0.3) is 0 Å². The van der Waals surface area contributed by atoms with Gasteiger partial charge >= 0.3 is 5.97 Å². The standard InChI is InChI=1S/C29H29NO8/c30-29(36)23-9-5-17(13-24(23)31)16-37-26-11-6-19(14-18(26)7-12-27(33)34)28(35)22-10-8-21(15-25(22)32)38-20-3-1-2-4-20/h5-6,8-11,13-15,20,31-32H,1-4,7,12,16H2,(H2,30,36)(H,33,34). The summed E-state index contributed by atoms with van der Waals surface area (Å²) in [4.78, 5) is 35.7. The number of carbonyl (C=O) groups excluding carboxylic acids is 2. The Bertz CT molecular complexity index is 1360. The van der Waals surface area contributed by atoms with Crippen molar-refractivity contribution in [1.82, 2.24) is 0 Å². The van der Waals surface area contributed by atoms with Crippen molar-refractivity contribution in [3.63, 3.8) is 0 Å². The van der Waals surface area contributed by atoms with Crippen molar-refractivity contribution in [2.24, 2.45) is 5.73 Å². The molecule has 198 valence electrons.